The quantitative estimate of drug-likeness (QED) is 0.857. The third-order valence-electron chi connectivity index (χ3n) is 2.87. The summed E-state index contributed by atoms with van der Waals surface area (Å²) in [6.07, 6.45) is 2.16. The second-order valence-electron chi connectivity index (χ2n) is 4.26. The van der Waals surface area contributed by atoms with Crippen molar-refractivity contribution in [1.29, 1.82) is 5.26 Å². The molecule has 5 heteroatoms. The van der Waals surface area contributed by atoms with E-state index in [0.29, 0.717) is 11.0 Å². The zero-order valence-corrected chi connectivity index (χ0v) is 11.3. The van der Waals surface area contributed by atoms with Crippen molar-refractivity contribution in [2.75, 3.05) is 6.54 Å². The smallest absolute Gasteiger partial charge is 0.257 e. The van der Waals surface area contributed by atoms with Crippen molar-refractivity contribution in [2.24, 2.45) is 0 Å². The molecule has 1 aliphatic rings. The number of amides is 1. The van der Waals surface area contributed by atoms with Gasteiger partial charge < -0.3 is 4.90 Å². The Kier molecular flexibility index (Phi) is 3.97. The van der Waals surface area contributed by atoms with Crippen LogP contribution >= 0.6 is 15.9 Å². The van der Waals surface area contributed by atoms with E-state index in [9.17, 15) is 9.18 Å². The van der Waals surface area contributed by atoms with Crippen LogP contribution in [-0.4, -0.2) is 23.4 Å². The molecular formula is C13H12BrFN2O. The fourth-order valence-corrected chi connectivity index (χ4v) is 2.16. The fraction of sp³-hybridized carbons (Fsp3) is 0.385. The van der Waals surface area contributed by atoms with E-state index in [0.717, 1.165) is 12.8 Å². The van der Waals surface area contributed by atoms with Gasteiger partial charge in [0.2, 0.25) is 0 Å². The van der Waals surface area contributed by atoms with Gasteiger partial charge in [0, 0.05) is 17.1 Å². The van der Waals surface area contributed by atoms with Gasteiger partial charge in [-0.2, -0.15) is 5.26 Å². The van der Waals surface area contributed by atoms with Crippen LogP contribution in [0.4, 0.5) is 4.39 Å². The summed E-state index contributed by atoms with van der Waals surface area (Å²) in [4.78, 5) is 13.8. The highest BCUT2D eigenvalue weighted by molar-refractivity contribution is 9.10. The van der Waals surface area contributed by atoms with Gasteiger partial charge in [-0.25, -0.2) is 4.39 Å². The Morgan fingerprint density at radius 3 is 2.83 bits per heavy atom. The fourth-order valence-electron chi connectivity index (χ4n) is 1.82. The summed E-state index contributed by atoms with van der Waals surface area (Å²) in [6, 6.07) is 6.59. The maximum Gasteiger partial charge on any atom is 0.257 e. The zero-order chi connectivity index (χ0) is 13.1. The molecule has 0 aromatic heterocycles. The summed E-state index contributed by atoms with van der Waals surface area (Å²) in [5, 5.41) is 8.59. The van der Waals surface area contributed by atoms with Crippen LogP contribution < -0.4 is 0 Å². The van der Waals surface area contributed by atoms with Crippen LogP contribution in [0, 0.1) is 17.1 Å². The van der Waals surface area contributed by atoms with E-state index >= 15 is 0 Å². The highest BCUT2D eigenvalue weighted by Crippen LogP contribution is 2.29. The predicted octanol–water partition coefficient (Wildman–Crippen LogP) is 3.11. The van der Waals surface area contributed by atoms with Crippen LogP contribution in [0.25, 0.3) is 0 Å². The Labute approximate surface area is 113 Å². The number of benzene rings is 1. The zero-order valence-electron chi connectivity index (χ0n) is 9.70. The first-order valence-corrected chi connectivity index (χ1v) is 6.55. The molecule has 18 heavy (non-hydrogen) atoms. The summed E-state index contributed by atoms with van der Waals surface area (Å²) in [6.45, 7) is 0.371. The van der Waals surface area contributed by atoms with Gasteiger partial charge in [0.15, 0.2) is 0 Å². The Morgan fingerprint density at radius 2 is 2.28 bits per heavy atom. The van der Waals surface area contributed by atoms with Gasteiger partial charge in [-0.3, -0.25) is 4.79 Å². The predicted molar refractivity (Wildman–Crippen MR) is 68.4 cm³/mol. The van der Waals surface area contributed by atoms with E-state index in [4.69, 9.17) is 5.26 Å². The number of halogens is 2. The minimum absolute atomic E-state index is 0.0723. The first-order chi connectivity index (χ1) is 8.63. The van der Waals surface area contributed by atoms with Crippen molar-refractivity contribution < 1.29 is 9.18 Å². The molecule has 1 aromatic carbocycles. The second-order valence-corrected chi connectivity index (χ2v) is 5.18. The first kappa shape index (κ1) is 13.0. The van der Waals surface area contributed by atoms with Crippen molar-refractivity contribution in [3.8, 4) is 6.07 Å². The highest BCUT2D eigenvalue weighted by Gasteiger charge is 2.33. The number of hydrogen-bond donors (Lipinski definition) is 0. The average Bonchev–Trinajstić information content (AvgIpc) is 3.13. The van der Waals surface area contributed by atoms with Gasteiger partial charge in [-0.05, 0) is 31.0 Å². The number of hydrogen-bond acceptors (Lipinski definition) is 2. The Balaban J connectivity index is 2.19. The van der Waals surface area contributed by atoms with E-state index in [1.54, 1.807) is 11.0 Å². The minimum Gasteiger partial charge on any atom is -0.335 e. The van der Waals surface area contributed by atoms with Gasteiger partial charge >= 0.3 is 0 Å². The molecule has 0 N–H and O–H groups in total. The molecule has 0 aliphatic heterocycles. The number of nitriles is 1. The molecule has 0 atom stereocenters. The molecule has 1 aromatic rings. The highest BCUT2D eigenvalue weighted by atomic mass is 79.9. The standard InChI is InChI=1S/C13H12BrFN2O/c14-9-2-5-11(12(15)8-9)13(18)17(7-1-6-16)10-3-4-10/h2,5,8,10H,1,3-4,7H2. The summed E-state index contributed by atoms with van der Waals surface area (Å²) in [7, 11) is 0. The van der Waals surface area contributed by atoms with Crippen LogP contribution in [0.3, 0.4) is 0 Å². The lowest BCUT2D eigenvalue weighted by atomic mass is 10.1. The van der Waals surface area contributed by atoms with Gasteiger partial charge in [-0.1, -0.05) is 15.9 Å². The Morgan fingerprint density at radius 1 is 1.56 bits per heavy atom. The van der Waals surface area contributed by atoms with Gasteiger partial charge in [-0.15, -0.1) is 0 Å². The van der Waals surface area contributed by atoms with E-state index in [-0.39, 0.29) is 23.9 Å². The molecule has 0 heterocycles. The Bertz CT molecular complexity index is 508. The van der Waals surface area contributed by atoms with E-state index < -0.39 is 5.82 Å². The van der Waals surface area contributed by atoms with Crippen LogP contribution in [0.1, 0.15) is 29.6 Å². The average molecular weight is 311 g/mol. The molecule has 0 radical (unpaired) electrons. The molecule has 3 nitrogen and oxygen atoms in total. The summed E-state index contributed by atoms with van der Waals surface area (Å²) in [5.74, 6) is -0.852. The lowest BCUT2D eigenvalue weighted by Crippen LogP contribution is -2.34. The lowest BCUT2D eigenvalue weighted by molar-refractivity contribution is 0.0742. The van der Waals surface area contributed by atoms with Crippen molar-refractivity contribution in [3.63, 3.8) is 0 Å². The van der Waals surface area contributed by atoms with E-state index in [1.165, 1.54) is 12.1 Å². The molecule has 94 valence electrons. The summed E-state index contributed by atoms with van der Waals surface area (Å²) in [5.41, 5.74) is 0.0723. The normalized spacial score (nSPS) is 14.1. The molecular weight excluding hydrogens is 299 g/mol. The van der Waals surface area contributed by atoms with Gasteiger partial charge in [0.25, 0.3) is 5.91 Å². The molecule has 0 unspecified atom stereocenters. The third kappa shape index (κ3) is 2.88. The molecule has 1 aliphatic carbocycles. The maximum atomic E-state index is 13.7. The van der Waals surface area contributed by atoms with Crippen molar-refractivity contribution >= 4 is 21.8 Å². The monoisotopic (exact) mass is 310 g/mol. The molecule has 1 amide bonds. The molecule has 0 spiro atoms. The van der Waals surface area contributed by atoms with E-state index in [2.05, 4.69) is 15.9 Å². The van der Waals surface area contributed by atoms with Gasteiger partial charge in [0.05, 0.1) is 18.1 Å². The van der Waals surface area contributed by atoms with E-state index in [1.807, 2.05) is 6.07 Å². The molecule has 2 rings (SSSR count). The van der Waals surface area contributed by atoms with Crippen molar-refractivity contribution in [3.05, 3.63) is 34.1 Å². The summed E-state index contributed by atoms with van der Waals surface area (Å²) >= 11 is 3.16. The largest absolute Gasteiger partial charge is 0.335 e. The van der Waals surface area contributed by atoms with Crippen LogP contribution in [-0.2, 0) is 0 Å². The third-order valence-corrected chi connectivity index (χ3v) is 3.37. The number of rotatable bonds is 4. The number of carbonyl (C=O) groups excluding carboxylic acids is 1. The van der Waals surface area contributed by atoms with Crippen LogP contribution in [0.15, 0.2) is 22.7 Å². The molecule has 1 fully saturated rings. The van der Waals surface area contributed by atoms with Gasteiger partial charge in [0.1, 0.15) is 5.82 Å². The van der Waals surface area contributed by atoms with Crippen molar-refractivity contribution in [1.82, 2.24) is 4.90 Å². The maximum absolute atomic E-state index is 13.7. The van der Waals surface area contributed by atoms with Crippen LogP contribution in [0.5, 0.6) is 0 Å². The molecule has 0 saturated heterocycles. The molecule has 0 bridgehead atoms. The number of carbonyl (C=O) groups is 1. The molecule has 1 saturated carbocycles. The van der Waals surface area contributed by atoms with Crippen molar-refractivity contribution in [2.45, 2.75) is 25.3 Å². The first-order valence-electron chi connectivity index (χ1n) is 5.76. The second kappa shape index (κ2) is 5.49. The topological polar surface area (TPSA) is 44.1 Å². The lowest BCUT2D eigenvalue weighted by Gasteiger charge is -2.21. The SMILES string of the molecule is N#CCCN(C(=O)c1ccc(Br)cc1F)C1CC1. The van der Waals surface area contributed by atoms with Crippen LogP contribution in [0.2, 0.25) is 0 Å². The minimum atomic E-state index is -0.531. The number of nitrogens with zero attached hydrogens (tertiary/aromatic N) is 2. The summed E-state index contributed by atoms with van der Waals surface area (Å²) < 4.78 is 14.3. The Hall–Kier alpha value is -1.41.